The minimum absolute atomic E-state index is 0.0625. The zero-order valence-electron chi connectivity index (χ0n) is 12.3. The summed E-state index contributed by atoms with van der Waals surface area (Å²) < 4.78 is 7.12. The summed E-state index contributed by atoms with van der Waals surface area (Å²) in [5.74, 6) is 0.500. The lowest BCUT2D eigenvalue weighted by atomic mass is 10.2. The largest absolute Gasteiger partial charge is 0.478 e. The van der Waals surface area contributed by atoms with Crippen LogP contribution < -0.4 is 10.1 Å². The molecule has 21 heavy (non-hydrogen) atoms. The highest BCUT2D eigenvalue weighted by Gasteiger charge is 2.18. The zero-order valence-corrected chi connectivity index (χ0v) is 12.3. The Morgan fingerprint density at radius 2 is 2.24 bits per heavy atom. The third-order valence-corrected chi connectivity index (χ3v) is 3.12. The van der Waals surface area contributed by atoms with Crippen molar-refractivity contribution >= 4 is 5.91 Å². The summed E-state index contributed by atoms with van der Waals surface area (Å²) in [5, 5.41) is 7.05. The number of nitrogens with one attached hydrogen (secondary N) is 1. The molecule has 0 aromatic carbocycles. The fourth-order valence-corrected chi connectivity index (χ4v) is 2.08. The molecule has 0 saturated carbocycles. The van der Waals surface area contributed by atoms with Crippen LogP contribution in [0.2, 0.25) is 0 Å². The van der Waals surface area contributed by atoms with Crippen molar-refractivity contribution in [2.75, 3.05) is 6.61 Å². The van der Waals surface area contributed by atoms with Crippen LogP contribution >= 0.6 is 0 Å². The molecule has 2 aromatic heterocycles. The van der Waals surface area contributed by atoms with Gasteiger partial charge in [-0.3, -0.25) is 9.48 Å². The molecule has 0 fully saturated rings. The molecule has 0 spiro atoms. The molecule has 1 atom stereocenters. The number of hydrogen-bond acceptors (Lipinski definition) is 4. The van der Waals surface area contributed by atoms with Gasteiger partial charge in [0.2, 0.25) is 11.8 Å². The molecule has 0 saturated heterocycles. The SMILES string of the molecule is CCOc1ncccc1CNC(=O)[C@H](CC)n1cccn1. The Morgan fingerprint density at radius 3 is 2.90 bits per heavy atom. The second-order valence-corrected chi connectivity index (χ2v) is 4.53. The van der Waals surface area contributed by atoms with Crippen LogP contribution in [0.3, 0.4) is 0 Å². The third kappa shape index (κ3) is 3.81. The van der Waals surface area contributed by atoms with E-state index in [1.807, 2.05) is 32.0 Å². The summed E-state index contributed by atoms with van der Waals surface area (Å²) in [4.78, 5) is 16.5. The van der Waals surface area contributed by atoms with Crippen molar-refractivity contribution in [1.29, 1.82) is 0 Å². The monoisotopic (exact) mass is 288 g/mol. The lowest BCUT2D eigenvalue weighted by Crippen LogP contribution is -2.32. The van der Waals surface area contributed by atoms with Gasteiger partial charge in [0.1, 0.15) is 6.04 Å². The number of rotatable bonds is 7. The van der Waals surface area contributed by atoms with E-state index >= 15 is 0 Å². The number of hydrogen-bond donors (Lipinski definition) is 1. The van der Waals surface area contributed by atoms with Crippen molar-refractivity contribution in [3.8, 4) is 5.88 Å². The van der Waals surface area contributed by atoms with Gasteiger partial charge < -0.3 is 10.1 Å². The lowest BCUT2D eigenvalue weighted by molar-refractivity contribution is -0.124. The van der Waals surface area contributed by atoms with Crippen LogP contribution in [0.1, 0.15) is 31.9 Å². The van der Waals surface area contributed by atoms with E-state index in [4.69, 9.17) is 4.74 Å². The molecule has 0 bridgehead atoms. The van der Waals surface area contributed by atoms with Gasteiger partial charge >= 0.3 is 0 Å². The highest BCUT2D eigenvalue weighted by molar-refractivity contribution is 5.80. The van der Waals surface area contributed by atoms with E-state index in [1.54, 1.807) is 23.3 Å². The van der Waals surface area contributed by atoms with E-state index in [9.17, 15) is 4.79 Å². The van der Waals surface area contributed by atoms with E-state index in [2.05, 4.69) is 15.4 Å². The number of carbonyl (C=O) groups excluding carboxylic acids is 1. The summed E-state index contributed by atoms with van der Waals surface area (Å²) in [7, 11) is 0. The highest BCUT2D eigenvalue weighted by Crippen LogP contribution is 2.15. The van der Waals surface area contributed by atoms with Crippen molar-refractivity contribution < 1.29 is 9.53 Å². The van der Waals surface area contributed by atoms with Gasteiger partial charge in [-0.2, -0.15) is 5.10 Å². The minimum Gasteiger partial charge on any atom is -0.478 e. The first-order valence-electron chi connectivity index (χ1n) is 7.09. The van der Waals surface area contributed by atoms with E-state index in [0.717, 1.165) is 5.56 Å². The topological polar surface area (TPSA) is 69.0 Å². The molecular weight excluding hydrogens is 268 g/mol. The fraction of sp³-hybridized carbons (Fsp3) is 0.400. The Morgan fingerprint density at radius 1 is 1.38 bits per heavy atom. The minimum atomic E-state index is -0.299. The number of amides is 1. The maximum Gasteiger partial charge on any atom is 0.245 e. The Labute approximate surface area is 124 Å². The van der Waals surface area contributed by atoms with Crippen LogP contribution in [0, 0.1) is 0 Å². The van der Waals surface area contributed by atoms with Crippen LogP contribution in [0.15, 0.2) is 36.8 Å². The first-order chi connectivity index (χ1) is 10.3. The summed E-state index contributed by atoms with van der Waals surface area (Å²) >= 11 is 0. The van der Waals surface area contributed by atoms with Gasteiger partial charge in [-0.05, 0) is 25.5 Å². The molecule has 0 aliphatic carbocycles. The number of ether oxygens (including phenoxy) is 1. The van der Waals surface area contributed by atoms with Gasteiger partial charge in [0.25, 0.3) is 0 Å². The van der Waals surface area contributed by atoms with E-state index in [1.165, 1.54) is 0 Å². The average Bonchev–Trinajstić information content (AvgIpc) is 3.01. The second kappa shape index (κ2) is 7.42. The maximum absolute atomic E-state index is 12.3. The van der Waals surface area contributed by atoms with Crippen molar-refractivity contribution in [3.05, 3.63) is 42.4 Å². The van der Waals surface area contributed by atoms with E-state index in [-0.39, 0.29) is 11.9 Å². The molecule has 112 valence electrons. The van der Waals surface area contributed by atoms with Crippen molar-refractivity contribution in [2.45, 2.75) is 32.9 Å². The van der Waals surface area contributed by atoms with Crippen LogP contribution in [0.4, 0.5) is 0 Å². The highest BCUT2D eigenvalue weighted by atomic mass is 16.5. The van der Waals surface area contributed by atoms with Gasteiger partial charge in [-0.15, -0.1) is 0 Å². The number of pyridine rings is 1. The van der Waals surface area contributed by atoms with Gasteiger partial charge in [-0.25, -0.2) is 4.98 Å². The molecule has 0 aliphatic rings. The molecule has 1 amide bonds. The van der Waals surface area contributed by atoms with Crippen molar-refractivity contribution in [3.63, 3.8) is 0 Å². The maximum atomic E-state index is 12.3. The molecule has 0 radical (unpaired) electrons. The smallest absolute Gasteiger partial charge is 0.245 e. The van der Waals surface area contributed by atoms with Crippen molar-refractivity contribution in [1.82, 2.24) is 20.1 Å². The standard InChI is InChI=1S/C15H20N4O2/c1-3-13(19-10-6-9-18-19)14(20)17-11-12-7-5-8-16-15(12)21-4-2/h5-10,13H,3-4,11H2,1-2H3,(H,17,20)/t13-/m0/s1. The molecule has 0 aliphatic heterocycles. The predicted octanol–water partition coefficient (Wildman–Crippen LogP) is 1.94. The predicted molar refractivity (Wildman–Crippen MR) is 78.8 cm³/mol. The zero-order chi connectivity index (χ0) is 15.1. The van der Waals surface area contributed by atoms with Crippen LogP contribution in [-0.4, -0.2) is 27.3 Å². The quantitative estimate of drug-likeness (QED) is 0.845. The fourth-order valence-electron chi connectivity index (χ4n) is 2.08. The molecule has 1 N–H and O–H groups in total. The second-order valence-electron chi connectivity index (χ2n) is 4.53. The average molecular weight is 288 g/mol. The first kappa shape index (κ1) is 15.0. The molecule has 6 heteroatoms. The Balaban J connectivity index is 2.00. The Hall–Kier alpha value is -2.37. The van der Waals surface area contributed by atoms with Gasteiger partial charge in [-0.1, -0.05) is 13.0 Å². The molecule has 6 nitrogen and oxygen atoms in total. The normalized spacial score (nSPS) is 11.9. The summed E-state index contributed by atoms with van der Waals surface area (Å²) in [6, 6.07) is 5.24. The van der Waals surface area contributed by atoms with Crippen LogP contribution in [0.5, 0.6) is 5.88 Å². The Kier molecular flexibility index (Phi) is 5.31. The van der Waals surface area contributed by atoms with Gasteiger partial charge in [0.15, 0.2) is 0 Å². The number of aromatic nitrogens is 3. The van der Waals surface area contributed by atoms with Crippen LogP contribution in [-0.2, 0) is 11.3 Å². The lowest BCUT2D eigenvalue weighted by Gasteiger charge is -2.16. The van der Waals surface area contributed by atoms with Crippen LogP contribution in [0.25, 0.3) is 0 Å². The molecule has 2 heterocycles. The summed E-state index contributed by atoms with van der Waals surface area (Å²) in [6.45, 7) is 4.80. The number of nitrogens with zero attached hydrogens (tertiary/aromatic N) is 3. The van der Waals surface area contributed by atoms with E-state index in [0.29, 0.717) is 25.5 Å². The molecule has 2 aromatic rings. The molecule has 2 rings (SSSR count). The van der Waals surface area contributed by atoms with E-state index < -0.39 is 0 Å². The molecule has 0 unspecified atom stereocenters. The summed E-state index contributed by atoms with van der Waals surface area (Å²) in [6.07, 6.45) is 5.82. The Bertz CT molecular complexity index is 569. The summed E-state index contributed by atoms with van der Waals surface area (Å²) in [5.41, 5.74) is 0.864. The van der Waals surface area contributed by atoms with Crippen molar-refractivity contribution in [2.24, 2.45) is 0 Å². The first-order valence-corrected chi connectivity index (χ1v) is 7.09. The number of carbonyl (C=O) groups is 1. The van der Waals surface area contributed by atoms with Gasteiger partial charge in [0, 0.05) is 30.7 Å². The molecular formula is C15H20N4O2. The third-order valence-electron chi connectivity index (χ3n) is 3.12. The van der Waals surface area contributed by atoms with Gasteiger partial charge in [0.05, 0.1) is 6.61 Å².